The first-order valence-electron chi connectivity index (χ1n) is 5.27. The van der Waals surface area contributed by atoms with Crippen molar-refractivity contribution in [1.29, 1.82) is 0 Å². The zero-order chi connectivity index (χ0) is 11.5. The summed E-state index contributed by atoms with van der Waals surface area (Å²) in [5, 5.41) is 5.76. The van der Waals surface area contributed by atoms with Crippen LogP contribution in [0.15, 0.2) is 0 Å². The van der Waals surface area contributed by atoms with E-state index in [-0.39, 0.29) is 6.09 Å². The molecule has 0 unspecified atom stereocenters. The minimum absolute atomic E-state index is 0.350. The van der Waals surface area contributed by atoms with E-state index >= 15 is 0 Å². The van der Waals surface area contributed by atoms with Gasteiger partial charge in [0.25, 0.3) is 0 Å². The molecule has 0 aromatic heterocycles. The number of rotatable bonds is 8. The van der Waals surface area contributed by atoms with Crippen LogP contribution in [-0.4, -0.2) is 46.1 Å². The van der Waals surface area contributed by atoms with Gasteiger partial charge in [0.2, 0.25) is 0 Å². The van der Waals surface area contributed by atoms with Crippen molar-refractivity contribution in [3.8, 4) is 0 Å². The van der Waals surface area contributed by atoms with Crippen LogP contribution in [0, 0.1) is 5.92 Å². The molecule has 0 aromatic rings. The zero-order valence-electron chi connectivity index (χ0n) is 9.84. The average Bonchev–Trinajstić information content (AvgIpc) is 2.20. The molecule has 0 rings (SSSR count). The monoisotopic (exact) mass is 218 g/mol. The van der Waals surface area contributed by atoms with E-state index < -0.39 is 0 Å². The van der Waals surface area contributed by atoms with Crippen LogP contribution in [0.5, 0.6) is 0 Å². The van der Waals surface area contributed by atoms with Crippen LogP contribution < -0.4 is 10.6 Å². The van der Waals surface area contributed by atoms with Crippen LogP contribution in [0.1, 0.15) is 13.8 Å². The molecule has 0 saturated heterocycles. The lowest BCUT2D eigenvalue weighted by Crippen LogP contribution is -2.33. The second-order valence-corrected chi connectivity index (χ2v) is 3.66. The summed E-state index contributed by atoms with van der Waals surface area (Å²) in [7, 11) is 1.66. The molecular formula is C10H22N2O3. The number of carbonyl (C=O) groups excluding carboxylic acids is 1. The van der Waals surface area contributed by atoms with E-state index in [1.165, 1.54) is 0 Å². The van der Waals surface area contributed by atoms with Gasteiger partial charge in [0.05, 0.1) is 13.2 Å². The molecule has 1 amide bonds. The van der Waals surface area contributed by atoms with Crippen LogP contribution in [0.4, 0.5) is 4.79 Å². The number of nitrogens with one attached hydrogen (secondary N) is 2. The number of hydrogen-bond donors (Lipinski definition) is 2. The lowest BCUT2D eigenvalue weighted by atomic mass is 10.2. The van der Waals surface area contributed by atoms with Crippen molar-refractivity contribution in [1.82, 2.24) is 10.6 Å². The van der Waals surface area contributed by atoms with Gasteiger partial charge in [-0.05, 0) is 5.92 Å². The highest BCUT2D eigenvalue weighted by Gasteiger charge is 2.01. The summed E-state index contributed by atoms with van der Waals surface area (Å²) in [6.45, 7) is 7.22. The molecule has 5 heteroatoms. The Morgan fingerprint density at radius 1 is 1.27 bits per heavy atom. The van der Waals surface area contributed by atoms with E-state index in [0.29, 0.717) is 25.7 Å². The summed E-state index contributed by atoms with van der Waals surface area (Å²) < 4.78 is 9.79. The van der Waals surface area contributed by atoms with Crippen LogP contribution in [-0.2, 0) is 9.47 Å². The van der Waals surface area contributed by atoms with E-state index in [9.17, 15) is 4.79 Å². The normalized spacial score (nSPS) is 10.4. The lowest BCUT2D eigenvalue weighted by Gasteiger charge is -2.09. The van der Waals surface area contributed by atoms with E-state index in [1.807, 2.05) is 13.8 Å². The smallest absolute Gasteiger partial charge is 0.407 e. The Hall–Kier alpha value is -0.810. The van der Waals surface area contributed by atoms with Crippen molar-refractivity contribution in [2.24, 2.45) is 5.92 Å². The Morgan fingerprint density at radius 2 is 2.00 bits per heavy atom. The van der Waals surface area contributed by atoms with Crippen LogP contribution >= 0.6 is 0 Å². The van der Waals surface area contributed by atoms with Gasteiger partial charge in [0.1, 0.15) is 0 Å². The largest absolute Gasteiger partial charge is 0.449 e. The molecule has 0 spiro atoms. The number of hydrogen-bond acceptors (Lipinski definition) is 4. The third-order valence-electron chi connectivity index (χ3n) is 1.60. The molecule has 0 aliphatic rings. The summed E-state index contributed by atoms with van der Waals surface area (Å²) in [5.74, 6) is 0.371. The molecule has 0 aliphatic heterocycles. The predicted octanol–water partition coefficient (Wildman–Crippen LogP) is 0.605. The Morgan fingerprint density at radius 3 is 2.60 bits per heavy atom. The second-order valence-electron chi connectivity index (χ2n) is 3.66. The van der Waals surface area contributed by atoms with Crippen molar-refractivity contribution in [2.75, 3.05) is 40.0 Å². The summed E-state index contributed by atoms with van der Waals surface area (Å²) >= 11 is 0. The van der Waals surface area contributed by atoms with Crippen molar-refractivity contribution in [2.45, 2.75) is 13.8 Å². The molecule has 90 valence electrons. The first kappa shape index (κ1) is 14.2. The van der Waals surface area contributed by atoms with Gasteiger partial charge >= 0.3 is 6.09 Å². The van der Waals surface area contributed by atoms with E-state index in [2.05, 4.69) is 10.6 Å². The number of alkyl carbamates (subject to hydrolysis) is 1. The van der Waals surface area contributed by atoms with Gasteiger partial charge in [0, 0.05) is 26.7 Å². The second kappa shape index (κ2) is 9.73. The highest BCUT2D eigenvalue weighted by Crippen LogP contribution is 1.91. The molecule has 5 nitrogen and oxygen atoms in total. The number of methoxy groups -OCH3 is 1. The molecule has 0 saturated carbocycles. The van der Waals surface area contributed by atoms with Gasteiger partial charge in [-0.2, -0.15) is 0 Å². The molecule has 0 atom stereocenters. The third kappa shape index (κ3) is 11.1. The Bertz CT molecular complexity index is 163. The minimum Gasteiger partial charge on any atom is -0.449 e. The van der Waals surface area contributed by atoms with Crippen LogP contribution in [0.25, 0.3) is 0 Å². The maximum atomic E-state index is 11.1. The molecule has 0 aromatic carbocycles. The molecule has 0 heterocycles. The summed E-state index contributed by atoms with van der Waals surface area (Å²) in [6, 6.07) is 0. The maximum absolute atomic E-state index is 11.1. The minimum atomic E-state index is -0.350. The molecule has 0 bridgehead atoms. The summed E-state index contributed by atoms with van der Waals surface area (Å²) in [6.07, 6.45) is -0.350. The number of ether oxygens (including phenoxy) is 2. The summed E-state index contributed by atoms with van der Waals surface area (Å²) in [5.41, 5.74) is 0. The van der Waals surface area contributed by atoms with Crippen molar-refractivity contribution in [3.63, 3.8) is 0 Å². The third-order valence-corrected chi connectivity index (χ3v) is 1.60. The quantitative estimate of drug-likeness (QED) is 0.586. The van der Waals surface area contributed by atoms with Gasteiger partial charge in [-0.25, -0.2) is 4.79 Å². The summed E-state index contributed by atoms with van der Waals surface area (Å²) in [4.78, 5) is 11.1. The fraction of sp³-hybridized carbons (Fsp3) is 0.900. The molecule has 15 heavy (non-hydrogen) atoms. The fourth-order valence-corrected chi connectivity index (χ4v) is 0.846. The highest BCUT2D eigenvalue weighted by molar-refractivity contribution is 5.67. The van der Waals surface area contributed by atoms with Gasteiger partial charge in [-0.1, -0.05) is 13.8 Å². The molecule has 0 radical (unpaired) electrons. The van der Waals surface area contributed by atoms with E-state index in [4.69, 9.17) is 9.47 Å². The zero-order valence-corrected chi connectivity index (χ0v) is 9.84. The highest BCUT2D eigenvalue weighted by atomic mass is 16.5. The standard InChI is InChI=1S/C10H22N2O3/c1-9(2)8-15-10(13)12-5-4-11-6-7-14-3/h9,11H,4-8H2,1-3H3,(H,12,13). The topological polar surface area (TPSA) is 59.6 Å². The van der Waals surface area contributed by atoms with Gasteiger partial charge in [-0.3, -0.25) is 0 Å². The van der Waals surface area contributed by atoms with E-state index in [1.54, 1.807) is 7.11 Å². The number of carbonyl (C=O) groups is 1. The molecule has 0 aliphatic carbocycles. The van der Waals surface area contributed by atoms with E-state index in [0.717, 1.165) is 13.1 Å². The van der Waals surface area contributed by atoms with Crippen molar-refractivity contribution < 1.29 is 14.3 Å². The van der Waals surface area contributed by atoms with Gasteiger partial charge in [-0.15, -0.1) is 0 Å². The van der Waals surface area contributed by atoms with Crippen LogP contribution in [0.2, 0.25) is 0 Å². The molecule has 0 fully saturated rings. The van der Waals surface area contributed by atoms with Gasteiger partial charge in [0.15, 0.2) is 0 Å². The Balaban J connectivity index is 3.17. The fourth-order valence-electron chi connectivity index (χ4n) is 0.846. The SMILES string of the molecule is COCCNCCNC(=O)OCC(C)C. The average molecular weight is 218 g/mol. The maximum Gasteiger partial charge on any atom is 0.407 e. The van der Waals surface area contributed by atoms with Crippen molar-refractivity contribution in [3.05, 3.63) is 0 Å². The first-order chi connectivity index (χ1) is 7.16. The first-order valence-corrected chi connectivity index (χ1v) is 5.27. The van der Waals surface area contributed by atoms with Gasteiger partial charge < -0.3 is 20.1 Å². The molecule has 2 N–H and O–H groups in total. The van der Waals surface area contributed by atoms with Crippen LogP contribution in [0.3, 0.4) is 0 Å². The molecular weight excluding hydrogens is 196 g/mol. The number of amides is 1. The Kier molecular flexibility index (Phi) is 9.21. The Labute approximate surface area is 91.5 Å². The van der Waals surface area contributed by atoms with Crippen molar-refractivity contribution >= 4 is 6.09 Å². The lowest BCUT2D eigenvalue weighted by molar-refractivity contribution is 0.133. The predicted molar refractivity (Wildman–Crippen MR) is 58.9 cm³/mol.